The van der Waals surface area contributed by atoms with Crippen LogP contribution in [-0.2, 0) is 29.0 Å². The SMILES string of the molecule is CC(C)(C)OC(=O)N[C@@H](Cc1ccccc1)C(=O)NCc1ccc(C#N)cc1.Cl.N#Cc1ccc(CN)cc1. The van der Waals surface area contributed by atoms with E-state index in [2.05, 4.69) is 16.7 Å². The van der Waals surface area contributed by atoms with Crippen LogP contribution in [0, 0.1) is 22.7 Å². The molecule has 39 heavy (non-hydrogen) atoms. The molecule has 0 aliphatic carbocycles. The van der Waals surface area contributed by atoms with Gasteiger partial charge >= 0.3 is 6.09 Å². The molecule has 0 fully saturated rings. The number of halogens is 1. The molecule has 0 saturated heterocycles. The summed E-state index contributed by atoms with van der Waals surface area (Å²) in [5.41, 5.74) is 8.79. The number of ether oxygens (including phenoxy) is 1. The molecule has 0 saturated carbocycles. The number of hydrogen-bond donors (Lipinski definition) is 3. The maximum Gasteiger partial charge on any atom is 0.408 e. The fourth-order valence-corrected chi connectivity index (χ4v) is 3.23. The quantitative estimate of drug-likeness (QED) is 0.390. The first-order valence-corrected chi connectivity index (χ1v) is 12.1. The molecule has 3 rings (SSSR count). The highest BCUT2D eigenvalue weighted by molar-refractivity contribution is 5.86. The number of carbonyl (C=O) groups is 2. The van der Waals surface area contributed by atoms with Gasteiger partial charge in [0, 0.05) is 19.5 Å². The summed E-state index contributed by atoms with van der Waals surface area (Å²) in [5, 5.41) is 22.8. The van der Waals surface area contributed by atoms with Gasteiger partial charge in [0.15, 0.2) is 0 Å². The van der Waals surface area contributed by atoms with Crippen LogP contribution in [0.1, 0.15) is 48.6 Å². The summed E-state index contributed by atoms with van der Waals surface area (Å²) in [6, 6.07) is 27.0. The third kappa shape index (κ3) is 12.6. The molecular weight excluding hydrogens is 514 g/mol. The van der Waals surface area contributed by atoms with Gasteiger partial charge in [-0.15, -0.1) is 12.4 Å². The minimum atomic E-state index is -0.768. The Hall–Kier alpha value is -4.37. The molecule has 1 atom stereocenters. The van der Waals surface area contributed by atoms with E-state index in [-0.39, 0.29) is 18.3 Å². The lowest BCUT2D eigenvalue weighted by atomic mass is 10.1. The van der Waals surface area contributed by atoms with Gasteiger partial charge < -0.3 is 21.1 Å². The lowest BCUT2D eigenvalue weighted by Gasteiger charge is -2.23. The van der Waals surface area contributed by atoms with Gasteiger partial charge in [0.2, 0.25) is 5.91 Å². The Bertz CT molecular complexity index is 1260. The molecule has 0 aliphatic heterocycles. The third-order valence-corrected chi connectivity index (χ3v) is 5.16. The van der Waals surface area contributed by atoms with E-state index in [9.17, 15) is 9.59 Å². The van der Waals surface area contributed by atoms with Gasteiger partial charge in [-0.25, -0.2) is 4.79 Å². The van der Waals surface area contributed by atoms with Crippen molar-refractivity contribution in [1.82, 2.24) is 10.6 Å². The number of amides is 2. The standard InChI is InChI=1S/C22H25N3O3.C8H8N2.ClH/c1-22(2,3)28-21(27)25-19(13-16-7-5-4-6-8-16)20(26)24-15-18-11-9-17(14-23)10-12-18;9-5-7-1-2-8(6-10)4-3-7;/h4-12,19H,13,15H2,1-3H3,(H,24,26)(H,25,27);1-4H,5,9H2;1H/t19-;;/m0../s1. The van der Waals surface area contributed by atoms with Crippen LogP contribution in [0.4, 0.5) is 4.79 Å². The van der Waals surface area contributed by atoms with Crippen molar-refractivity contribution in [3.63, 3.8) is 0 Å². The molecule has 0 aliphatic rings. The molecule has 0 heterocycles. The van der Waals surface area contributed by atoms with Crippen LogP contribution in [0.3, 0.4) is 0 Å². The van der Waals surface area contributed by atoms with Crippen molar-refractivity contribution in [2.45, 2.75) is 51.9 Å². The lowest BCUT2D eigenvalue weighted by molar-refractivity contribution is -0.123. The topological polar surface area (TPSA) is 141 Å². The van der Waals surface area contributed by atoms with Gasteiger partial charge in [0.05, 0.1) is 23.3 Å². The molecule has 2 amide bonds. The fourth-order valence-electron chi connectivity index (χ4n) is 3.23. The Balaban J connectivity index is 0.000000581. The number of benzene rings is 3. The molecule has 0 unspecified atom stereocenters. The van der Waals surface area contributed by atoms with Crippen LogP contribution in [0.15, 0.2) is 78.9 Å². The number of nitriles is 2. The van der Waals surface area contributed by atoms with E-state index in [1.807, 2.05) is 48.5 Å². The fraction of sp³-hybridized carbons (Fsp3) is 0.267. The molecule has 0 aromatic heterocycles. The predicted octanol–water partition coefficient (Wildman–Crippen LogP) is 4.75. The normalized spacial score (nSPS) is 10.7. The summed E-state index contributed by atoms with van der Waals surface area (Å²) in [6.45, 7) is 6.13. The Morgan fingerprint density at radius 1 is 0.846 bits per heavy atom. The Morgan fingerprint density at radius 3 is 1.82 bits per heavy atom. The van der Waals surface area contributed by atoms with Crippen molar-refractivity contribution in [3.05, 3.63) is 107 Å². The smallest absolute Gasteiger partial charge is 0.408 e. The van der Waals surface area contributed by atoms with Gasteiger partial charge in [-0.2, -0.15) is 10.5 Å². The zero-order chi connectivity index (χ0) is 28.0. The van der Waals surface area contributed by atoms with Crippen LogP contribution >= 0.6 is 12.4 Å². The molecule has 0 radical (unpaired) electrons. The Kier molecular flexibility index (Phi) is 13.8. The van der Waals surface area contributed by atoms with Crippen molar-refractivity contribution in [2.24, 2.45) is 5.73 Å². The van der Waals surface area contributed by atoms with E-state index in [4.69, 9.17) is 21.0 Å². The minimum absolute atomic E-state index is 0. The van der Waals surface area contributed by atoms with Crippen LogP contribution < -0.4 is 16.4 Å². The van der Waals surface area contributed by atoms with E-state index in [1.165, 1.54) is 0 Å². The summed E-state index contributed by atoms with van der Waals surface area (Å²) < 4.78 is 5.28. The van der Waals surface area contributed by atoms with E-state index in [0.717, 1.165) is 16.7 Å². The average Bonchev–Trinajstić information content (AvgIpc) is 2.91. The number of nitrogens with zero attached hydrogens (tertiary/aromatic N) is 2. The third-order valence-electron chi connectivity index (χ3n) is 5.16. The van der Waals surface area contributed by atoms with Crippen LogP contribution in [-0.4, -0.2) is 23.6 Å². The number of carbonyl (C=O) groups excluding carboxylic acids is 2. The number of nitrogens with one attached hydrogen (secondary N) is 2. The summed E-state index contributed by atoms with van der Waals surface area (Å²) >= 11 is 0. The monoisotopic (exact) mass is 547 g/mol. The molecule has 204 valence electrons. The summed E-state index contributed by atoms with van der Waals surface area (Å²) in [4.78, 5) is 24.9. The molecule has 0 bridgehead atoms. The van der Waals surface area contributed by atoms with E-state index in [0.29, 0.717) is 30.6 Å². The Morgan fingerprint density at radius 2 is 1.36 bits per heavy atom. The second-order valence-electron chi connectivity index (χ2n) is 9.43. The molecule has 3 aromatic rings. The summed E-state index contributed by atoms with van der Waals surface area (Å²) in [5.74, 6) is -0.306. The minimum Gasteiger partial charge on any atom is -0.444 e. The molecule has 8 nitrogen and oxygen atoms in total. The van der Waals surface area contributed by atoms with Crippen molar-refractivity contribution in [2.75, 3.05) is 0 Å². The number of nitrogens with two attached hydrogens (primary N) is 1. The highest BCUT2D eigenvalue weighted by atomic mass is 35.5. The largest absolute Gasteiger partial charge is 0.444 e. The molecule has 3 aromatic carbocycles. The maximum absolute atomic E-state index is 12.7. The maximum atomic E-state index is 12.7. The highest BCUT2D eigenvalue weighted by Gasteiger charge is 2.24. The van der Waals surface area contributed by atoms with Gasteiger partial charge in [-0.1, -0.05) is 54.6 Å². The van der Waals surface area contributed by atoms with Crippen LogP contribution in [0.2, 0.25) is 0 Å². The zero-order valence-corrected chi connectivity index (χ0v) is 23.1. The van der Waals surface area contributed by atoms with E-state index in [1.54, 1.807) is 57.2 Å². The van der Waals surface area contributed by atoms with Gasteiger partial charge in [-0.05, 0) is 61.7 Å². The summed E-state index contributed by atoms with van der Waals surface area (Å²) in [7, 11) is 0. The highest BCUT2D eigenvalue weighted by Crippen LogP contribution is 2.09. The van der Waals surface area contributed by atoms with Crippen molar-refractivity contribution < 1.29 is 14.3 Å². The lowest BCUT2D eigenvalue weighted by Crippen LogP contribution is -2.49. The van der Waals surface area contributed by atoms with Crippen molar-refractivity contribution >= 4 is 24.4 Å². The number of hydrogen-bond acceptors (Lipinski definition) is 6. The van der Waals surface area contributed by atoms with Crippen LogP contribution in [0.25, 0.3) is 0 Å². The van der Waals surface area contributed by atoms with Gasteiger partial charge in [-0.3, -0.25) is 4.79 Å². The number of rotatable bonds is 7. The Labute approximate surface area is 236 Å². The molecule has 9 heteroatoms. The molecular formula is C30H34ClN5O3. The second-order valence-corrected chi connectivity index (χ2v) is 9.43. The second kappa shape index (κ2) is 16.5. The number of alkyl carbamates (subject to hydrolysis) is 1. The molecule has 4 N–H and O–H groups in total. The predicted molar refractivity (Wildman–Crippen MR) is 153 cm³/mol. The van der Waals surface area contributed by atoms with Gasteiger partial charge in [0.1, 0.15) is 11.6 Å². The van der Waals surface area contributed by atoms with E-state index >= 15 is 0 Å². The van der Waals surface area contributed by atoms with Crippen molar-refractivity contribution in [3.8, 4) is 12.1 Å². The van der Waals surface area contributed by atoms with Crippen molar-refractivity contribution in [1.29, 1.82) is 10.5 Å². The molecule has 0 spiro atoms. The first-order chi connectivity index (χ1) is 18.1. The van der Waals surface area contributed by atoms with Gasteiger partial charge in [0.25, 0.3) is 0 Å². The zero-order valence-electron chi connectivity index (χ0n) is 22.3. The average molecular weight is 548 g/mol. The van der Waals surface area contributed by atoms with Crippen LogP contribution in [0.5, 0.6) is 0 Å². The first kappa shape index (κ1) is 32.7. The summed E-state index contributed by atoms with van der Waals surface area (Å²) in [6.07, 6.45) is -0.291. The van der Waals surface area contributed by atoms with E-state index < -0.39 is 17.7 Å². The first-order valence-electron chi connectivity index (χ1n) is 12.1.